The molecule has 0 atom stereocenters. The van der Waals surface area contributed by atoms with E-state index in [0.29, 0.717) is 18.7 Å². The number of hydrogen-bond donors (Lipinski definition) is 2. The Morgan fingerprint density at radius 2 is 2.36 bits per heavy atom. The number of halogens is 1. The van der Waals surface area contributed by atoms with Gasteiger partial charge in [-0.2, -0.15) is 0 Å². The van der Waals surface area contributed by atoms with Crippen LogP contribution in [0.15, 0.2) is 12.3 Å². The van der Waals surface area contributed by atoms with E-state index in [4.69, 9.17) is 10.8 Å². The van der Waals surface area contributed by atoms with Crippen molar-refractivity contribution in [1.82, 2.24) is 9.88 Å². The third-order valence-corrected chi connectivity index (χ3v) is 1.94. The van der Waals surface area contributed by atoms with Crippen molar-refractivity contribution in [2.45, 2.75) is 6.54 Å². The Morgan fingerprint density at radius 3 is 2.93 bits per heavy atom. The number of nitrogens with two attached hydrogens (primary N) is 1. The molecule has 0 spiro atoms. The molecule has 1 aromatic rings. The van der Waals surface area contributed by atoms with Crippen molar-refractivity contribution in [2.24, 2.45) is 0 Å². The van der Waals surface area contributed by atoms with Crippen molar-refractivity contribution in [3.63, 3.8) is 0 Å². The van der Waals surface area contributed by atoms with E-state index in [1.165, 1.54) is 12.3 Å². The summed E-state index contributed by atoms with van der Waals surface area (Å²) in [5, 5.41) is 8.67. The molecule has 0 aliphatic heterocycles. The summed E-state index contributed by atoms with van der Waals surface area (Å²) in [5.74, 6) is -0.155. The topological polar surface area (TPSA) is 62.4 Å². The van der Waals surface area contributed by atoms with Gasteiger partial charge in [0.05, 0.1) is 6.61 Å². The number of aromatic nitrogens is 1. The van der Waals surface area contributed by atoms with Gasteiger partial charge >= 0.3 is 0 Å². The monoisotopic (exact) mass is 199 g/mol. The molecule has 1 aromatic heterocycles. The van der Waals surface area contributed by atoms with Crippen LogP contribution in [0.25, 0.3) is 0 Å². The van der Waals surface area contributed by atoms with Gasteiger partial charge in [-0.1, -0.05) is 0 Å². The summed E-state index contributed by atoms with van der Waals surface area (Å²) >= 11 is 0. The Hall–Kier alpha value is -1.20. The van der Waals surface area contributed by atoms with Crippen molar-refractivity contribution >= 4 is 5.82 Å². The summed E-state index contributed by atoms with van der Waals surface area (Å²) in [4.78, 5) is 5.58. The largest absolute Gasteiger partial charge is 0.395 e. The fourth-order valence-electron chi connectivity index (χ4n) is 1.16. The Bertz CT molecular complexity index is 286. The molecule has 5 heteroatoms. The predicted molar refractivity (Wildman–Crippen MR) is 52.0 cm³/mol. The second kappa shape index (κ2) is 4.88. The third-order valence-electron chi connectivity index (χ3n) is 1.94. The number of hydrogen-bond acceptors (Lipinski definition) is 4. The number of likely N-dealkylation sites (N-methyl/N-ethyl adjacent to an activating group) is 1. The molecule has 0 unspecified atom stereocenters. The van der Waals surface area contributed by atoms with Gasteiger partial charge in [0.1, 0.15) is 11.6 Å². The van der Waals surface area contributed by atoms with Gasteiger partial charge in [0, 0.05) is 24.8 Å². The zero-order chi connectivity index (χ0) is 10.6. The highest BCUT2D eigenvalue weighted by Gasteiger charge is 2.09. The molecule has 0 saturated heterocycles. The number of nitrogen functional groups attached to an aromatic ring is 1. The molecule has 14 heavy (non-hydrogen) atoms. The molecule has 1 rings (SSSR count). The van der Waals surface area contributed by atoms with E-state index >= 15 is 0 Å². The van der Waals surface area contributed by atoms with Crippen LogP contribution in [-0.4, -0.2) is 35.2 Å². The van der Waals surface area contributed by atoms with E-state index in [9.17, 15) is 4.39 Å². The summed E-state index contributed by atoms with van der Waals surface area (Å²) < 4.78 is 13.2. The average Bonchev–Trinajstić information content (AvgIpc) is 2.12. The Kier molecular flexibility index (Phi) is 3.79. The molecule has 0 aliphatic carbocycles. The molecule has 78 valence electrons. The van der Waals surface area contributed by atoms with Crippen LogP contribution in [0.2, 0.25) is 0 Å². The smallest absolute Gasteiger partial charge is 0.132 e. The minimum absolute atomic E-state index is 0.0400. The van der Waals surface area contributed by atoms with Crippen LogP contribution >= 0.6 is 0 Å². The van der Waals surface area contributed by atoms with Crippen molar-refractivity contribution < 1.29 is 9.50 Å². The number of aliphatic hydroxyl groups excluding tert-OH is 1. The number of anilines is 1. The van der Waals surface area contributed by atoms with Gasteiger partial charge in [-0.15, -0.1) is 0 Å². The lowest BCUT2D eigenvalue weighted by Crippen LogP contribution is -2.23. The molecular formula is C9H14FN3O. The van der Waals surface area contributed by atoms with E-state index in [1.54, 1.807) is 11.9 Å². The highest BCUT2D eigenvalue weighted by atomic mass is 19.1. The Morgan fingerprint density at radius 1 is 1.64 bits per heavy atom. The van der Waals surface area contributed by atoms with Crippen LogP contribution in [0.5, 0.6) is 0 Å². The molecule has 0 bridgehead atoms. The maximum absolute atomic E-state index is 13.2. The summed E-state index contributed by atoms with van der Waals surface area (Å²) in [6.45, 7) is 0.873. The standard InChI is InChI=1S/C9H14FN3O/c1-13(4-5-14)6-7-8(10)2-3-12-9(7)11/h2-3,14H,4-6H2,1H3,(H2,11,12). The number of aliphatic hydroxyl groups is 1. The molecule has 0 saturated carbocycles. The summed E-state index contributed by atoms with van der Waals surface area (Å²) in [7, 11) is 1.78. The van der Waals surface area contributed by atoms with Crippen LogP contribution < -0.4 is 5.73 Å². The molecule has 0 radical (unpaired) electrons. The van der Waals surface area contributed by atoms with Crippen LogP contribution in [0.3, 0.4) is 0 Å². The second-order valence-corrected chi connectivity index (χ2v) is 3.12. The van der Waals surface area contributed by atoms with E-state index in [-0.39, 0.29) is 18.2 Å². The molecule has 1 heterocycles. The quantitative estimate of drug-likeness (QED) is 0.728. The van der Waals surface area contributed by atoms with Gasteiger partial charge in [-0.3, -0.25) is 4.90 Å². The second-order valence-electron chi connectivity index (χ2n) is 3.12. The fourth-order valence-corrected chi connectivity index (χ4v) is 1.16. The van der Waals surface area contributed by atoms with Crippen molar-refractivity contribution in [1.29, 1.82) is 0 Å². The van der Waals surface area contributed by atoms with Crippen LogP contribution in [0, 0.1) is 5.82 Å². The highest BCUT2D eigenvalue weighted by Crippen LogP contribution is 2.14. The molecule has 0 amide bonds. The van der Waals surface area contributed by atoms with Gasteiger partial charge in [0.25, 0.3) is 0 Å². The first kappa shape index (κ1) is 10.9. The van der Waals surface area contributed by atoms with Gasteiger partial charge in [-0.25, -0.2) is 9.37 Å². The van der Waals surface area contributed by atoms with E-state index in [2.05, 4.69) is 4.98 Å². The van der Waals surface area contributed by atoms with Gasteiger partial charge < -0.3 is 10.8 Å². The zero-order valence-corrected chi connectivity index (χ0v) is 8.07. The lowest BCUT2D eigenvalue weighted by atomic mass is 10.2. The van der Waals surface area contributed by atoms with Crippen molar-refractivity contribution in [3.05, 3.63) is 23.6 Å². The molecular weight excluding hydrogens is 185 g/mol. The minimum atomic E-state index is -0.359. The summed E-state index contributed by atoms with van der Waals surface area (Å²) in [6.07, 6.45) is 1.33. The van der Waals surface area contributed by atoms with Crippen LogP contribution in [-0.2, 0) is 6.54 Å². The molecule has 3 N–H and O–H groups in total. The van der Waals surface area contributed by atoms with E-state index in [0.717, 1.165) is 0 Å². The van der Waals surface area contributed by atoms with Crippen LogP contribution in [0.1, 0.15) is 5.56 Å². The first-order chi connectivity index (χ1) is 6.65. The van der Waals surface area contributed by atoms with Gasteiger partial charge in [-0.05, 0) is 13.1 Å². The SMILES string of the molecule is CN(CCO)Cc1c(F)ccnc1N. The minimum Gasteiger partial charge on any atom is -0.395 e. The maximum atomic E-state index is 13.2. The first-order valence-corrected chi connectivity index (χ1v) is 4.33. The normalized spacial score (nSPS) is 10.9. The lowest BCUT2D eigenvalue weighted by molar-refractivity contribution is 0.216. The highest BCUT2D eigenvalue weighted by molar-refractivity contribution is 5.39. The fraction of sp³-hybridized carbons (Fsp3) is 0.444. The average molecular weight is 199 g/mol. The molecule has 4 nitrogen and oxygen atoms in total. The zero-order valence-electron chi connectivity index (χ0n) is 8.07. The number of rotatable bonds is 4. The predicted octanol–water partition coefficient (Wildman–Crippen LogP) is 0.227. The van der Waals surface area contributed by atoms with Gasteiger partial charge in [0.2, 0.25) is 0 Å². The first-order valence-electron chi connectivity index (χ1n) is 4.33. The maximum Gasteiger partial charge on any atom is 0.132 e. The number of pyridine rings is 1. The number of nitrogens with zero attached hydrogens (tertiary/aromatic N) is 2. The summed E-state index contributed by atoms with van der Waals surface area (Å²) in [5.41, 5.74) is 5.90. The Balaban J connectivity index is 2.75. The van der Waals surface area contributed by atoms with E-state index < -0.39 is 0 Å². The third kappa shape index (κ3) is 2.65. The van der Waals surface area contributed by atoms with Gasteiger partial charge in [0.15, 0.2) is 0 Å². The van der Waals surface area contributed by atoms with Crippen molar-refractivity contribution in [2.75, 3.05) is 25.9 Å². The Labute approximate surface area is 82.2 Å². The lowest BCUT2D eigenvalue weighted by Gasteiger charge is -2.16. The van der Waals surface area contributed by atoms with Crippen LogP contribution in [0.4, 0.5) is 10.2 Å². The van der Waals surface area contributed by atoms with E-state index in [1.807, 2.05) is 0 Å². The molecule has 0 aromatic carbocycles. The van der Waals surface area contributed by atoms with Crippen molar-refractivity contribution in [3.8, 4) is 0 Å². The molecule has 0 aliphatic rings. The molecule has 0 fully saturated rings. The summed E-state index contributed by atoms with van der Waals surface area (Å²) in [6, 6.07) is 1.28.